The Kier molecular flexibility index (Phi) is 6.02. The van der Waals surface area contributed by atoms with Gasteiger partial charge in [0, 0.05) is 18.7 Å². The number of amides is 1. The summed E-state index contributed by atoms with van der Waals surface area (Å²) >= 11 is 0. The van der Waals surface area contributed by atoms with E-state index < -0.39 is 6.36 Å². The molecule has 2 N–H and O–H groups in total. The first-order valence-electron chi connectivity index (χ1n) is 6.62. The van der Waals surface area contributed by atoms with Crippen LogP contribution in [-0.2, 0) is 0 Å². The van der Waals surface area contributed by atoms with Gasteiger partial charge in [0.25, 0.3) is 5.91 Å². The highest BCUT2D eigenvalue weighted by Gasteiger charge is 2.31. The number of benzene rings is 1. The van der Waals surface area contributed by atoms with E-state index >= 15 is 0 Å². The molecule has 1 atom stereocenters. The maximum atomic E-state index is 12.2. The van der Waals surface area contributed by atoms with Gasteiger partial charge in [-0.15, -0.1) is 13.2 Å². The Morgan fingerprint density at radius 2 is 1.90 bits per heavy atom. The van der Waals surface area contributed by atoms with Crippen LogP contribution in [0.4, 0.5) is 13.2 Å². The molecule has 0 bridgehead atoms. The number of carbonyl (C=O) groups excluding carboxylic acids is 1. The van der Waals surface area contributed by atoms with Crippen LogP contribution < -0.4 is 10.5 Å². The predicted molar refractivity (Wildman–Crippen MR) is 72.9 cm³/mol. The summed E-state index contributed by atoms with van der Waals surface area (Å²) < 4.78 is 39.9. The second kappa shape index (κ2) is 7.31. The van der Waals surface area contributed by atoms with Gasteiger partial charge in [0.05, 0.1) is 0 Å². The summed E-state index contributed by atoms with van der Waals surface area (Å²) in [6.07, 6.45) is -4.74. The molecule has 0 saturated heterocycles. The van der Waals surface area contributed by atoms with Crippen LogP contribution in [0, 0.1) is 5.92 Å². The van der Waals surface area contributed by atoms with Crippen molar-refractivity contribution in [3.05, 3.63) is 29.8 Å². The Bertz CT molecular complexity index is 460. The summed E-state index contributed by atoms with van der Waals surface area (Å²) in [7, 11) is 0. The summed E-state index contributed by atoms with van der Waals surface area (Å²) in [5.41, 5.74) is 5.85. The molecule has 1 amide bonds. The summed E-state index contributed by atoms with van der Waals surface area (Å²) in [6, 6.07) is 4.89. The molecule has 0 saturated carbocycles. The quantitative estimate of drug-likeness (QED) is 0.879. The first-order valence-corrected chi connectivity index (χ1v) is 6.62. The number of nitrogens with zero attached hydrogens (tertiary/aromatic N) is 1. The largest absolute Gasteiger partial charge is 0.573 e. The maximum Gasteiger partial charge on any atom is 0.573 e. The molecule has 0 aliphatic carbocycles. The molecular weight excluding hydrogens is 285 g/mol. The minimum atomic E-state index is -4.74. The molecule has 118 valence electrons. The summed E-state index contributed by atoms with van der Waals surface area (Å²) in [5, 5.41) is 0. The minimum Gasteiger partial charge on any atom is -0.406 e. The molecule has 21 heavy (non-hydrogen) atoms. The fourth-order valence-electron chi connectivity index (χ4n) is 1.79. The van der Waals surface area contributed by atoms with Crippen LogP contribution in [0.15, 0.2) is 24.3 Å². The number of halogens is 3. The van der Waals surface area contributed by atoms with Gasteiger partial charge in [-0.2, -0.15) is 0 Å². The van der Waals surface area contributed by atoms with Crippen LogP contribution >= 0.6 is 0 Å². The Morgan fingerprint density at radius 3 is 2.33 bits per heavy atom. The maximum absolute atomic E-state index is 12.2. The molecule has 0 spiro atoms. The topological polar surface area (TPSA) is 55.6 Å². The van der Waals surface area contributed by atoms with E-state index in [2.05, 4.69) is 4.74 Å². The third-order valence-electron chi connectivity index (χ3n) is 2.94. The molecule has 0 fully saturated rings. The van der Waals surface area contributed by atoms with Crippen molar-refractivity contribution in [3.8, 4) is 5.75 Å². The highest BCUT2D eigenvalue weighted by atomic mass is 19.4. The van der Waals surface area contributed by atoms with Gasteiger partial charge in [-0.05, 0) is 43.7 Å². The number of rotatable bonds is 6. The van der Waals surface area contributed by atoms with Gasteiger partial charge in [-0.1, -0.05) is 6.92 Å². The van der Waals surface area contributed by atoms with E-state index in [-0.39, 0.29) is 17.6 Å². The summed E-state index contributed by atoms with van der Waals surface area (Å²) in [4.78, 5) is 13.9. The second-order valence-corrected chi connectivity index (χ2v) is 4.76. The molecule has 1 aromatic carbocycles. The van der Waals surface area contributed by atoms with Gasteiger partial charge < -0.3 is 15.4 Å². The van der Waals surface area contributed by atoms with E-state index in [1.54, 1.807) is 4.90 Å². The third kappa shape index (κ3) is 5.63. The van der Waals surface area contributed by atoms with Gasteiger partial charge in [0.15, 0.2) is 0 Å². The Morgan fingerprint density at radius 1 is 1.33 bits per heavy atom. The first-order chi connectivity index (χ1) is 9.76. The Labute approximate surface area is 121 Å². The zero-order chi connectivity index (χ0) is 16.0. The van der Waals surface area contributed by atoms with Crippen molar-refractivity contribution in [2.24, 2.45) is 11.7 Å². The van der Waals surface area contributed by atoms with Crippen molar-refractivity contribution in [2.45, 2.75) is 20.2 Å². The predicted octanol–water partition coefficient (Wildman–Crippen LogP) is 2.64. The van der Waals surface area contributed by atoms with Crippen LogP contribution in [0.25, 0.3) is 0 Å². The zero-order valence-electron chi connectivity index (χ0n) is 12.0. The number of hydrogen-bond acceptors (Lipinski definition) is 3. The van der Waals surface area contributed by atoms with Crippen molar-refractivity contribution in [1.82, 2.24) is 4.90 Å². The highest BCUT2D eigenvalue weighted by Crippen LogP contribution is 2.23. The van der Waals surface area contributed by atoms with E-state index in [0.29, 0.717) is 25.2 Å². The van der Waals surface area contributed by atoms with E-state index in [4.69, 9.17) is 5.73 Å². The van der Waals surface area contributed by atoms with Crippen molar-refractivity contribution in [1.29, 1.82) is 0 Å². The van der Waals surface area contributed by atoms with Crippen molar-refractivity contribution in [3.63, 3.8) is 0 Å². The lowest BCUT2D eigenvalue weighted by atomic mass is 10.1. The first kappa shape index (κ1) is 17.3. The Hall–Kier alpha value is -1.76. The lowest BCUT2D eigenvalue weighted by Gasteiger charge is -2.24. The van der Waals surface area contributed by atoms with Crippen LogP contribution in [-0.4, -0.2) is 36.8 Å². The van der Waals surface area contributed by atoms with E-state index in [1.807, 2.05) is 13.8 Å². The van der Waals surface area contributed by atoms with E-state index in [9.17, 15) is 18.0 Å². The van der Waals surface area contributed by atoms with Crippen LogP contribution in [0.3, 0.4) is 0 Å². The smallest absolute Gasteiger partial charge is 0.406 e. The Balaban J connectivity index is 2.77. The monoisotopic (exact) mass is 304 g/mol. The van der Waals surface area contributed by atoms with Crippen molar-refractivity contribution in [2.75, 3.05) is 19.6 Å². The number of hydrogen-bond donors (Lipinski definition) is 1. The number of alkyl halides is 3. The molecule has 7 heteroatoms. The molecular formula is C14H19F3N2O2. The molecule has 0 radical (unpaired) electrons. The highest BCUT2D eigenvalue weighted by molar-refractivity contribution is 5.94. The van der Waals surface area contributed by atoms with Crippen LogP contribution in [0.1, 0.15) is 24.2 Å². The third-order valence-corrected chi connectivity index (χ3v) is 2.94. The number of nitrogens with two attached hydrogens (primary N) is 1. The van der Waals surface area contributed by atoms with Gasteiger partial charge in [-0.25, -0.2) is 0 Å². The fourth-order valence-corrected chi connectivity index (χ4v) is 1.79. The van der Waals surface area contributed by atoms with Gasteiger partial charge >= 0.3 is 6.36 Å². The molecule has 0 aromatic heterocycles. The second-order valence-electron chi connectivity index (χ2n) is 4.76. The molecule has 1 aromatic rings. The summed E-state index contributed by atoms with van der Waals surface area (Å²) in [6.45, 7) is 5.23. The average molecular weight is 304 g/mol. The van der Waals surface area contributed by atoms with Gasteiger partial charge in [0.2, 0.25) is 0 Å². The summed E-state index contributed by atoms with van der Waals surface area (Å²) in [5.74, 6) is -0.435. The number of ether oxygens (including phenoxy) is 1. The normalized spacial score (nSPS) is 12.9. The standard InChI is InChI=1S/C14H19F3N2O2/c1-3-19(9-10(2)8-18)13(20)11-4-6-12(7-5-11)21-14(15,16)17/h4-7,10H,3,8-9,18H2,1-2H3. The fraction of sp³-hybridized carbons (Fsp3) is 0.500. The van der Waals surface area contributed by atoms with Gasteiger partial charge in [0.1, 0.15) is 5.75 Å². The van der Waals surface area contributed by atoms with Crippen molar-refractivity contribution >= 4 is 5.91 Å². The van der Waals surface area contributed by atoms with Gasteiger partial charge in [-0.3, -0.25) is 4.79 Å². The lowest BCUT2D eigenvalue weighted by Crippen LogP contribution is -2.36. The van der Waals surface area contributed by atoms with Crippen LogP contribution in [0.2, 0.25) is 0 Å². The molecule has 4 nitrogen and oxygen atoms in total. The minimum absolute atomic E-state index is 0.154. The van der Waals surface area contributed by atoms with E-state index in [0.717, 1.165) is 12.1 Å². The lowest BCUT2D eigenvalue weighted by molar-refractivity contribution is -0.274. The average Bonchev–Trinajstić information content (AvgIpc) is 2.42. The molecule has 1 rings (SSSR count). The number of carbonyl (C=O) groups is 1. The molecule has 0 aliphatic heterocycles. The van der Waals surface area contributed by atoms with E-state index in [1.165, 1.54) is 12.1 Å². The van der Waals surface area contributed by atoms with Crippen molar-refractivity contribution < 1.29 is 22.7 Å². The SMILES string of the molecule is CCN(CC(C)CN)C(=O)c1ccc(OC(F)(F)F)cc1. The molecule has 0 aliphatic rings. The molecule has 1 unspecified atom stereocenters. The van der Waals surface area contributed by atoms with Crippen LogP contribution in [0.5, 0.6) is 5.75 Å². The zero-order valence-corrected chi connectivity index (χ0v) is 12.0. The molecule has 0 heterocycles.